The molecule has 4 nitrogen and oxygen atoms in total. The lowest BCUT2D eigenvalue weighted by Crippen LogP contribution is -2.39. The van der Waals surface area contributed by atoms with Crippen molar-refractivity contribution < 1.29 is 13.2 Å². The maximum atomic E-state index is 12.5. The summed E-state index contributed by atoms with van der Waals surface area (Å²) < 4.78 is 30.4. The summed E-state index contributed by atoms with van der Waals surface area (Å²) in [6, 6.07) is 7.34. The molecule has 1 heterocycles. The van der Waals surface area contributed by atoms with Crippen molar-refractivity contribution in [2.75, 3.05) is 32.5 Å². The van der Waals surface area contributed by atoms with Crippen LogP contribution in [-0.2, 0) is 20.0 Å². The Balaban J connectivity index is 1.94. The Labute approximate surface area is 140 Å². The Bertz CT molecular complexity index is 594. The molecule has 0 radical (unpaired) electrons. The van der Waals surface area contributed by atoms with E-state index in [1.54, 1.807) is 19.2 Å². The standard InChI is InChI=1S/C18H29NO3S/c1-18(2,3)15-5-7-17(8-6-15)23(20,21)14-13-19-11-9-16(22-4)10-12-19/h5-8,16H,9-14H2,1-4H3. The van der Waals surface area contributed by atoms with E-state index in [1.807, 2.05) is 12.1 Å². The number of hydrogen-bond donors (Lipinski definition) is 0. The zero-order valence-corrected chi connectivity index (χ0v) is 15.5. The van der Waals surface area contributed by atoms with Crippen LogP contribution in [0.5, 0.6) is 0 Å². The minimum atomic E-state index is -3.21. The number of likely N-dealkylation sites (tertiary alicyclic amines) is 1. The molecule has 2 rings (SSSR count). The van der Waals surface area contributed by atoms with Crippen molar-refractivity contribution in [3.05, 3.63) is 29.8 Å². The van der Waals surface area contributed by atoms with Gasteiger partial charge in [0.1, 0.15) is 0 Å². The molecule has 0 amide bonds. The lowest BCUT2D eigenvalue weighted by molar-refractivity contribution is 0.0429. The summed E-state index contributed by atoms with van der Waals surface area (Å²) in [7, 11) is -1.47. The van der Waals surface area contributed by atoms with Crippen LogP contribution in [-0.4, -0.2) is 51.9 Å². The molecular formula is C18H29NO3S. The molecule has 0 aliphatic carbocycles. The van der Waals surface area contributed by atoms with Gasteiger partial charge in [-0.25, -0.2) is 8.42 Å². The number of ether oxygens (including phenoxy) is 1. The number of hydrogen-bond acceptors (Lipinski definition) is 4. The molecule has 1 saturated heterocycles. The molecular weight excluding hydrogens is 310 g/mol. The fourth-order valence-corrected chi connectivity index (χ4v) is 4.18. The summed E-state index contributed by atoms with van der Waals surface area (Å²) in [6.45, 7) is 8.80. The van der Waals surface area contributed by atoms with Crippen molar-refractivity contribution in [2.24, 2.45) is 0 Å². The highest BCUT2D eigenvalue weighted by atomic mass is 32.2. The summed E-state index contributed by atoms with van der Waals surface area (Å²) >= 11 is 0. The Morgan fingerprint density at radius 2 is 1.70 bits per heavy atom. The molecule has 0 saturated carbocycles. The highest BCUT2D eigenvalue weighted by Gasteiger charge is 2.22. The Kier molecular flexibility index (Phi) is 5.87. The monoisotopic (exact) mass is 339 g/mol. The van der Waals surface area contributed by atoms with Gasteiger partial charge in [0, 0.05) is 26.7 Å². The molecule has 0 bridgehead atoms. The van der Waals surface area contributed by atoms with Crippen LogP contribution in [0.15, 0.2) is 29.2 Å². The summed E-state index contributed by atoms with van der Waals surface area (Å²) in [5.74, 6) is 0.180. The van der Waals surface area contributed by atoms with Gasteiger partial charge in [0.15, 0.2) is 9.84 Å². The van der Waals surface area contributed by atoms with Crippen LogP contribution in [0.1, 0.15) is 39.2 Å². The second kappa shape index (κ2) is 7.32. The first-order valence-corrected chi connectivity index (χ1v) is 9.96. The van der Waals surface area contributed by atoms with E-state index in [9.17, 15) is 8.42 Å². The van der Waals surface area contributed by atoms with Crippen molar-refractivity contribution in [3.63, 3.8) is 0 Å². The van der Waals surface area contributed by atoms with Crippen LogP contribution in [0.3, 0.4) is 0 Å². The highest BCUT2D eigenvalue weighted by molar-refractivity contribution is 7.91. The molecule has 1 aliphatic heterocycles. The predicted octanol–water partition coefficient (Wildman–Crippen LogP) is 2.87. The van der Waals surface area contributed by atoms with Gasteiger partial charge in [-0.05, 0) is 36.0 Å². The molecule has 0 aromatic heterocycles. The molecule has 0 unspecified atom stereocenters. The van der Waals surface area contributed by atoms with Crippen molar-refractivity contribution in [3.8, 4) is 0 Å². The Morgan fingerprint density at radius 3 is 2.17 bits per heavy atom. The van der Waals surface area contributed by atoms with Gasteiger partial charge >= 0.3 is 0 Å². The zero-order valence-electron chi connectivity index (χ0n) is 14.7. The summed E-state index contributed by atoms with van der Waals surface area (Å²) in [5, 5.41) is 0. The number of nitrogens with zero attached hydrogens (tertiary/aromatic N) is 1. The normalized spacial score (nSPS) is 18.3. The third-order valence-corrected chi connectivity index (χ3v) is 6.33. The molecule has 0 spiro atoms. The second-order valence-corrected chi connectivity index (χ2v) is 9.48. The van der Waals surface area contributed by atoms with Crippen LogP contribution in [0.4, 0.5) is 0 Å². The fraction of sp³-hybridized carbons (Fsp3) is 0.667. The van der Waals surface area contributed by atoms with E-state index in [1.165, 1.54) is 0 Å². The van der Waals surface area contributed by atoms with E-state index in [0.717, 1.165) is 31.5 Å². The molecule has 1 fully saturated rings. The smallest absolute Gasteiger partial charge is 0.179 e. The third-order valence-electron chi connectivity index (χ3n) is 4.62. The van der Waals surface area contributed by atoms with Crippen molar-refractivity contribution in [2.45, 2.75) is 50.0 Å². The first-order chi connectivity index (χ1) is 10.7. The molecule has 23 heavy (non-hydrogen) atoms. The van der Waals surface area contributed by atoms with Gasteiger partial charge in [0.25, 0.3) is 0 Å². The molecule has 1 aliphatic rings. The molecule has 130 valence electrons. The first-order valence-electron chi connectivity index (χ1n) is 8.31. The average molecular weight is 340 g/mol. The first kappa shape index (κ1) is 18.4. The van der Waals surface area contributed by atoms with E-state index in [0.29, 0.717) is 17.5 Å². The minimum Gasteiger partial charge on any atom is -0.381 e. The van der Waals surface area contributed by atoms with Gasteiger partial charge < -0.3 is 9.64 Å². The average Bonchev–Trinajstić information content (AvgIpc) is 2.53. The quantitative estimate of drug-likeness (QED) is 0.827. The van der Waals surface area contributed by atoms with Gasteiger partial charge in [-0.15, -0.1) is 0 Å². The SMILES string of the molecule is COC1CCN(CCS(=O)(=O)c2ccc(C(C)(C)C)cc2)CC1. The number of piperidine rings is 1. The van der Waals surface area contributed by atoms with Crippen molar-refractivity contribution in [1.82, 2.24) is 4.90 Å². The second-order valence-electron chi connectivity index (χ2n) is 7.37. The Hall–Kier alpha value is -0.910. The van der Waals surface area contributed by atoms with Crippen molar-refractivity contribution >= 4 is 9.84 Å². The molecule has 0 atom stereocenters. The predicted molar refractivity (Wildman–Crippen MR) is 93.7 cm³/mol. The zero-order chi connectivity index (χ0) is 17.1. The van der Waals surface area contributed by atoms with E-state index in [2.05, 4.69) is 25.7 Å². The van der Waals surface area contributed by atoms with Crippen LogP contribution >= 0.6 is 0 Å². The number of rotatable bonds is 5. The van der Waals surface area contributed by atoms with E-state index in [-0.39, 0.29) is 11.2 Å². The van der Waals surface area contributed by atoms with E-state index >= 15 is 0 Å². The minimum absolute atomic E-state index is 0.0357. The van der Waals surface area contributed by atoms with Gasteiger partial charge in [0.05, 0.1) is 16.8 Å². The third kappa shape index (κ3) is 5.03. The lowest BCUT2D eigenvalue weighted by Gasteiger charge is -2.30. The molecule has 5 heteroatoms. The summed E-state index contributed by atoms with van der Waals surface area (Å²) in [4.78, 5) is 2.65. The number of methoxy groups -OCH3 is 1. The topological polar surface area (TPSA) is 46.6 Å². The number of sulfone groups is 1. The van der Waals surface area contributed by atoms with Crippen LogP contribution in [0, 0.1) is 0 Å². The van der Waals surface area contributed by atoms with Gasteiger partial charge in [-0.3, -0.25) is 0 Å². The molecule has 1 aromatic rings. The van der Waals surface area contributed by atoms with E-state index < -0.39 is 9.84 Å². The summed E-state index contributed by atoms with van der Waals surface area (Å²) in [6.07, 6.45) is 2.29. The largest absolute Gasteiger partial charge is 0.381 e. The number of benzene rings is 1. The maximum absolute atomic E-state index is 12.5. The summed E-state index contributed by atoms with van der Waals surface area (Å²) in [5.41, 5.74) is 1.19. The molecule has 0 N–H and O–H groups in total. The lowest BCUT2D eigenvalue weighted by atomic mass is 9.87. The fourth-order valence-electron chi connectivity index (χ4n) is 2.90. The maximum Gasteiger partial charge on any atom is 0.179 e. The van der Waals surface area contributed by atoms with Gasteiger partial charge in [-0.2, -0.15) is 0 Å². The van der Waals surface area contributed by atoms with Crippen LogP contribution in [0.2, 0.25) is 0 Å². The Morgan fingerprint density at radius 1 is 1.13 bits per heavy atom. The molecule has 1 aromatic carbocycles. The van der Waals surface area contributed by atoms with Crippen LogP contribution in [0.25, 0.3) is 0 Å². The van der Waals surface area contributed by atoms with Gasteiger partial charge in [-0.1, -0.05) is 32.9 Å². The highest BCUT2D eigenvalue weighted by Crippen LogP contribution is 2.24. The van der Waals surface area contributed by atoms with Crippen molar-refractivity contribution in [1.29, 1.82) is 0 Å². The van der Waals surface area contributed by atoms with E-state index in [4.69, 9.17) is 4.74 Å². The van der Waals surface area contributed by atoms with Crippen LogP contribution < -0.4 is 0 Å². The van der Waals surface area contributed by atoms with Gasteiger partial charge in [0.2, 0.25) is 0 Å².